The second kappa shape index (κ2) is 5.02. The summed E-state index contributed by atoms with van der Waals surface area (Å²) in [5.74, 6) is 0.210. The van der Waals surface area contributed by atoms with Crippen LogP contribution in [0.15, 0.2) is 12.2 Å². The molecule has 74 valence electrons. The molecule has 1 rings (SSSR count). The maximum Gasteiger partial charge on any atom is 0.243 e. The van der Waals surface area contributed by atoms with Crippen molar-refractivity contribution in [3.05, 3.63) is 12.2 Å². The zero-order chi connectivity index (χ0) is 9.68. The van der Waals surface area contributed by atoms with Gasteiger partial charge in [0.1, 0.15) is 0 Å². The third-order valence-corrected chi connectivity index (χ3v) is 2.54. The van der Waals surface area contributed by atoms with Crippen LogP contribution in [0.4, 0.5) is 0 Å². The van der Waals surface area contributed by atoms with Gasteiger partial charge in [0.2, 0.25) is 5.91 Å². The number of aliphatic hydroxyl groups excluding tert-OH is 1. The first-order valence-electron chi connectivity index (χ1n) is 4.82. The lowest BCUT2D eigenvalue weighted by atomic mass is 10.1. The summed E-state index contributed by atoms with van der Waals surface area (Å²) >= 11 is 0. The Morgan fingerprint density at radius 3 is 3.00 bits per heavy atom. The van der Waals surface area contributed by atoms with E-state index in [0.717, 1.165) is 19.3 Å². The average Bonchev–Trinajstić information content (AvgIpc) is 2.52. The predicted octanol–water partition coefficient (Wildman–Crippen LogP) is 0.840. The van der Waals surface area contributed by atoms with Crippen molar-refractivity contribution < 1.29 is 9.90 Å². The van der Waals surface area contributed by atoms with Gasteiger partial charge in [-0.1, -0.05) is 12.5 Å². The molecule has 0 aromatic rings. The number of allylic oxidation sites excluding steroid dienone is 1. The van der Waals surface area contributed by atoms with Crippen molar-refractivity contribution in [3.63, 3.8) is 0 Å². The largest absolute Gasteiger partial charge is 0.396 e. The van der Waals surface area contributed by atoms with E-state index in [9.17, 15) is 4.79 Å². The molecule has 2 N–H and O–H groups in total. The van der Waals surface area contributed by atoms with Crippen LogP contribution >= 0.6 is 0 Å². The summed E-state index contributed by atoms with van der Waals surface area (Å²) in [5, 5.41) is 11.9. The first-order chi connectivity index (χ1) is 6.27. The van der Waals surface area contributed by atoms with Crippen LogP contribution in [0.5, 0.6) is 0 Å². The highest BCUT2D eigenvalue weighted by atomic mass is 16.3. The lowest BCUT2D eigenvalue weighted by Crippen LogP contribution is -2.37. The minimum absolute atomic E-state index is 0.0483. The van der Waals surface area contributed by atoms with Crippen LogP contribution < -0.4 is 5.32 Å². The third kappa shape index (κ3) is 2.84. The molecule has 1 amide bonds. The number of carbonyl (C=O) groups excluding carboxylic acids is 1. The van der Waals surface area contributed by atoms with Crippen molar-refractivity contribution >= 4 is 5.91 Å². The van der Waals surface area contributed by atoms with Gasteiger partial charge in [0.05, 0.1) is 0 Å². The minimum atomic E-state index is -0.0483. The molecular weight excluding hydrogens is 166 g/mol. The monoisotopic (exact) mass is 183 g/mol. The molecule has 1 fully saturated rings. The van der Waals surface area contributed by atoms with E-state index in [1.807, 2.05) is 6.92 Å². The van der Waals surface area contributed by atoms with Gasteiger partial charge in [0.15, 0.2) is 0 Å². The molecule has 0 radical (unpaired) electrons. The van der Waals surface area contributed by atoms with Crippen LogP contribution in [0.25, 0.3) is 0 Å². The highest BCUT2D eigenvalue weighted by Crippen LogP contribution is 2.24. The second-order valence-electron chi connectivity index (χ2n) is 3.49. The molecule has 0 bridgehead atoms. The summed E-state index contributed by atoms with van der Waals surface area (Å²) in [4.78, 5) is 11.2. The van der Waals surface area contributed by atoms with Gasteiger partial charge in [0, 0.05) is 18.6 Å². The first-order valence-corrected chi connectivity index (χ1v) is 4.82. The molecular formula is C10H17NO2. The van der Waals surface area contributed by atoms with Crippen molar-refractivity contribution in [3.8, 4) is 0 Å². The Morgan fingerprint density at radius 1 is 1.62 bits per heavy atom. The lowest BCUT2D eigenvalue weighted by molar-refractivity contribution is -0.117. The van der Waals surface area contributed by atoms with Crippen molar-refractivity contribution in [2.45, 2.75) is 32.2 Å². The summed E-state index contributed by atoms with van der Waals surface area (Å²) in [6.07, 6.45) is 6.36. The highest BCUT2D eigenvalue weighted by molar-refractivity contribution is 5.87. The summed E-state index contributed by atoms with van der Waals surface area (Å²) in [6.45, 7) is 2.00. The summed E-state index contributed by atoms with van der Waals surface area (Å²) in [7, 11) is 0. The number of carbonyl (C=O) groups is 1. The molecule has 0 aliphatic heterocycles. The molecule has 13 heavy (non-hydrogen) atoms. The zero-order valence-electron chi connectivity index (χ0n) is 7.99. The molecule has 3 heteroatoms. The average molecular weight is 183 g/mol. The summed E-state index contributed by atoms with van der Waals surface area (Å²) < 4.78 is 0. The molecule has 0 spiro atoms. The van der Waals surface area contributed by atoms with Crippen molar-refractivity contribution in [2.24, 2.45) is 5.92 Å². The van der Waals surface area contributed by atoms with E-state index in [-0.39, 0.29) is 24.5 Å². The molecule has 2 atom stereocenters. The zero-order valence-corrected chi connectivity index (χ0v) is 7.99. The molecule has 0 aromatic carbocycles. The Kier molecular flexibility index (Phi) is 3.96. The van der Waals surface area contributed by atoms with Gasteiger partial charge in [-0.3, -0.25) is 4.79 Å². The number of nitrogens with one attached hydrogen (secondary N) is 1. The SMILES string of the molecule is C/C=C/C(=O)NC1CCCC1CO. The van der Waals surface area contributed by atoms with E-state index in [2.05, 4.69) is 5.32 Å². The number of rotatable bonds is 3. The van der Waals surface area contributed by atoms with Gasteiger partial charge in [-0.2, -0.15) is 0 Å². The molecule has 1 aliphatic rings. The fourth-order valence-corrected chi connectivity index (χ4v) is 1.83. The standard InChI is InChI=1S/C10H17NO2/c1-2-4-10(13)11-9-6-3-5-8(9)7-12/h2,4,8-9,12H,3,5-7H2,1H3,(H,11,13)/b4-2+. The number of amides is 1. The van der Waals surface area contributed by atoms with Crippen LogP contribution in [-0.2, 0) is 4.79 Å². The van der Waals surface area contributed by atoms with Gasteiger partial charge >= 0.3 is 0 Å². The molecule has 1 saturated carbocycles. The predicted molar refractivity (Wildman–Crippen MR) is 51.2 cm³/mol. The molecule has 0 saturated heterocycles. The topological polar surface area (TPSA) is 49.3 Å². The van der Waals surface area contributed by atoms with E-state index >= 15 is 0 Å². The summed E-state index contributed by atoms with van der Waals surface area (Å²) in [5.41, 5.74) is 0. The molecule has 1 aliphatic carbocycles. The Bertz CT molecular complexity index is 201. The second-order valence-corrected chi connectivity index (χ2v) is 3.49. The lowest BCUT2D eigenvalue weighted by Gasteiger charge is -2.17. The third-order valence-electron chi connectivity index (χ3n) is 2.54. The fraction of sp³-hybridized carbons (Fsp3) is 0.700. The van der Waals surface area contributed by atoms with E-state index in [0.29, 0.717) is 0 Å². The normalized spacial score (nSPS) is 28.2. The Hall–Kier alpha value is -0.830. The highest BCUT2D eigenvalue weighted by Gasteiger charge is 2.26. The van der Waals surface area contributed by atoms with E-state index in [1.165, 1.54) is 6.08 Å². The summed E-state index contributed by atoms with van der Waals surface area (Å²) in [6, 6.07) is 0.175. The van der Waals surface area contributed by atoms with Gasteiger partial charge in [-0.05, 0) is 25.8 Å². The van der Waals surface area contributed by atoms with Crippen molar-refractivity contribution in [1.29, 1.82) is 0 Å². The van der Waals surface area contributed by atoms with Crippen LogP contribution in [0.2, 0.25) is 0 Å². The van der Waals surface area contributed by atoms with Crippen molar-refractivity contribution in [2.75, 3.05) is 6.61 Å². The Morgan fingerprint density at radius 2 is 2.38 bits per heavy atom. The van der Waals surface area contributed by atoms with E-state index < -0.39 is 0 Å². The number of hydrogen-bond donors (Lipinski definition) is 2. The van der Waals surface area contributed by atoms with Crippen LogP contribution in [0.1, 0.15) is 26.2 Å². The molecule has 2 unspecified atom stereocenters. The van der Waals surface area contributed by atoms with Gasteiger partial charge < -0.3 is 10.4 Å². The van der Waals surface area contributed by atoms with Crippen LogP contribution in [0.3, 0.4) is 0 Å². The molecule has 0 aromatic heterocycles. The molecule has 0 heterocycles. The van der Waals surface area contributed by atoms with Gasteiger partial charge in [-0.15, -0.1) is 0 Å². The van der Waals surface area contributed by atoms with Crippen LogP contribution in [-0.4, -0.2) is 23.7 Å². The van der Waals surface area contributed by atoms with Gasteiger partial charge in [0.25, 0.3) is 0 Å². The maximum absolute atomic E-state index is 11.2. The van der Waals surface area contributed by atoms with Crippen molar-refractivity contribution in [1.82, 2.24) is 5.32 Å². The quantitative estimate of drug-likeness (QED) is 0.637. The maximum atomic E-state index is 11.2. The van der Waals surface area contributed by atoms with E-state index in [1.54, 1.807) is 6.08 Å². The smallest absolute Gasteiger partial charge is 0.243 e. The number of hydrogen-bond acceptors (Lipinski definition) is 2. The van der Waals surface area contributed by atoms with Gasteiger partial charge in [-0.25, -0.2) is 0 Å². The Labute approximate surface area is 78.8 Å². The molecule has 3 nitrogen and oxygen atoms in total. The fourth-order valence-electron chi connectivity index (χ4n) is 1.83. The minimum Gasteiger partial charge on any atom is -0.396 e. The number of aliphatic hydroxyl groups is 1. The Balaban J connectivity index is 2.39. The van der Waals surface area contributed by atoms with Crippen LogP contribution in [0, 0.1) is 5.92 Å². The van der Waals surface area contributed by atoms with E-state index in [4.69, 9.17) is 5.11 Å². The first kappa shape index (κ1) is 10.3.